The van der Waals surface area contributed by atoms with Gasteiger partial charge in [0.15, 0.2) is 0 Å². The number of nitrogens with zero attached hydrogens (tertiary/aromatic N) is 2. The number of halogens is 2. The van der Waals surface area contributed by atoms with Crippen molar-refractivity contribution in [3.05, 3.63) is 110 Å². The van der Waals surface area contributed by atoms with Crippen LogP contribution in [0.4, 0.5) is 5.69 Å². The molecule has 0 saturated heterocycles. The molecule has 9 heteroatoms. The summed E-state index contributed by atoms with van der Waals surface area (Å²) in [7, 11) is 0. The van der Waals surface area contributed by atoms with Crippen LogP contribution in [0.15, 0.2) is 72.8 Å². The molecule has 0 radical (unpaired) electrons. The van der Waals surface area contributed by atoms with Crippen LogP contribution in [-0.4, -0.2) is 33.7 Å². The molecule has 1 aliphatic rings. The van der Waals surface area contributed by atoms with Gasteiger partial charge >= 0.3 is 0 Å². The highest BCUT2D eigenvalue weighted by Gasteiger charge is 2.33. The van der Waals surface area contributed by atoms with E-state index >= 15 is 0 Å². The van der Waals surface area contributed by atoms with Crippen LogP contribution in [0.25, 0.3) is 0 Å². The smallest absolute Gasteiger partial charge is 0.273 e. The number of benzene rings is 3. The van der Waals surface area contributed by atoms with Gasteiger partial charge in [-0.25, -0.2) is 0 Å². The van der Waals surface area contributed by atoms with Crippen molar-refractivity contribution in [2.45, 2.75) is 63.6 Å². The SMILES string of the molecule is O=C(NC1CCCCC1)[C@H](Cc1ccccc1)N(Cc1ccc(Cl)cc1Cl)C(=O)Cc1ccccc1[N+](=O)[O-]. The summed E-state index contributed by atoms with van der Waals surface area (Å²) in [6.07, 6.45) is 5.10. The van der Waals surface area contributed by atoms with Crippen LogP contribution in [0.1, 0.15) is 48.8 Å². The van der Waals surface area contributed by atoms with E-state index < -0.39 is 16.9 Å². The predicted molar refractivity (Wildman–Crippen MR) is 153 cm³/mol. The maximum absolute atomic E-state index is 14.0. The molecule has 1 fully saturated rings. The third-order valence-corrected chi connectivity index (χ3v) is 7.70. The number of carbonyl (C=O) groups excluding carboxylic acids is 2. The summed E-state index contributed by atoms with van der Waals surface area (Å²) < 4.78 is 0. The Bertz CT molecular complexity index is 1310. The molecule has 0 bridgehead atoms. The zero-order valence-corrected chi connectivity index (χ0v) is 23.0. The van der Waals surface area contributed by atoms with Gasteiger partial charge in [-0.05, 0) is 36.1 Å². The van der Waals surface area contributed by atoms with E-state index in [4.69, 9.17) is 23.2 Å². The van der Waals surface area contributed by atoms with Crippen molar-refractivity contribution in [3.63, 3.8) is 0 Å². The lowest BCUT2D eigenvalue weighted by Crippen LogP contribution is -2.53. The molecule has 7 nitrogen and oxygen atoms in total. The quantitative estimate of drug-likeness (QED) is 0.222. The number of hydrogen-bond acceptors (Lipinski definition) is 4. The summed E-state index contributed by atoms with van der Waals surface area (Å²) in [5.74, 6) is -0.651. The average molecular weight is 569 g/mol. The molecule has 4 rings (SSSR count). The summed E-state index contributed by atoms with van der Waals surface area (Å²) in [5.41, 5.74) is 1.67. The average Bonchev–Trinajstić information content (AvgIpc) is 2.93. The van der Waals surface area contributed by atoms with Gasteiger partial charge in [-0.1, -0.05) is 97.1 Å². The zero-order chi connectivity index (χ0) is 27.8. The van der Waals surface area contributed by atoms with Gasteiger partial charge in [-0.15, -0.1) is 0 Å². The molecule has 0 spiro atoms. The molecular formula is C30H31Cl2N3O4. The summed E-state index contributed by atoms with van der Waals surface area (Å²) >= 11 is 12.6. The number of nitro benzene ring substituents is 1. The Kier molecular flexibility index (Phi) is 9.96. The lowest BCUT2D eigenvalue weighted by atomic mass is 9.94. The molecule has 1 saturated carbocycles. The molecule has 204 valence electrons. The largest absolute Gasteiger partial charge is 0.352 e. The Morgan fingerprint density at radius 3 is 2.33 bits per heavy atom. The fourth-order valence-electron chi connectivity index (χ4n) is 5.03. The molecule has 0 heterocycles. The second kappa shape index (κ2) is 13.6. The first-order chi connectivity index (χ1) is 18.8. The van der Waals surface area contributed by atoms with Crippen molar-refractivity contribution in [2.75, 3.05) is 0 Å². The van der Waals surface area contributed by atoms with Crippen LogP contribution in [0.3, 0.4) is 0 Å². The Labute approximate surface area is 238 Å². The van der Waals surface area contributed by atoms with Gasteiger partial charge in [-0.3, -0.25) is 19.7 Å². The Morgan fingerprint density at radius 1 is 0.949 bits per heavy atom. The zero-order valence-electron chi connectivity index (χ0n) is 21.5. The van der Waals surface area contributed by atoms with E-state index in [9.17, 15) is 19.7 Å². The highest BCUT2D eigenvalue weighted by atomic mass is 35.5. The molecule has 1 N–H and O–H groups in total. The first-order valence-electron chi connectivity index (χ1n) is 13.1. The first-order valence-corrected chi connectivity index (χ1v) is 13.9. The number of amides is 2. The van der Waals surface area contributed by atoms with Crippen LogP contribution in [0, 0.1) is 10.1 Å². The molecule has 39 heavy (non-hydrogen) atoms. The normalized spacial score (nSPS) is 14.4. The van der Waals surface area contributed by atoms with Gasteiger partial charge in [0.25, 0.3) is 5.69 Å². The monoisotopic (exact) mass is 567 g/mol. The Morgan fingerprint density at radius 2 is 1.64 bits per heavy atom. The van der Waals surface area contributed by atoms with Crippen molar-refractivity contribution in [1.29, 1.82) is 0 Å². The van der Waals surface area contributed by atoms with E-state index in [1.165, 1.54) is 11.0 Å². The topological polar surface area (TPSA) is 92.6 Å². The molecule has 0 unspecified atom stereocenters. The molecule has 3 aromatic rings. The van der Waals surface area contributed by atoms with Crippen LogP contribution in [0.2, 0.25) is 10.0 Å². The summed E-state index contributed by atoms with van der Waals surface area (Å²) in [5, 5.41) is 15.6. The van der Waals surface area contributed by atoms with Gasteiger partial charge in [0.2, 0.25) is 11.8 Å². The van der Waals surface area contributed by atoms with Crippen LogP contribution in [-0.2, 0) is 29.0 Å². The molecule has 0 aliphatic heterocycles. The maximum Gasteiger partial charge on any atom is 0.273 e. The lowest BCUT2D eigenvalue weighted by Gasteiger charge is -2.33. The molecular weight excluding hydrogens is 537 g/mol. The van der Waals surface area contributed by atoms with Gasteiger partial charge in [0.05, 0.1) is 11.3 Å². The van der Waals surface area contributed by atoms with E-state index in [0.29, 0.717) is 15.6 Å². The summed E-state index contributed by atoms with van der Waals surface area (Å²) in [6.45, 7) is 0.0467. The number of nitro groups is 1. The second-order valence-electron chi connectivity index (χ2n) is 9.87. The Balaban J connectivity index is 1.71. The lowest BCUT2D eigenvalue weighted by molar-refractivity contribution is -0.385. The first kappa shape index (κ1) is 28.6. The summed E-state index contributed by atoms with van der Waals surface area (Å²) in [6, 6.07) is 19.9. The number of rotatable bonds is 10. The van der Waals surface area contributed by atoms with Crippen LogP contribution < -0.4 is 5.32 Å². The fourth-order valence-corrected chi connectivity index (χ4v) is 5.50. The van der Waals surface area contributed by atoms with Crippen molar-refractivity contribution in [2.24, 2.45) is 0 Å². The van der Waals surface area contributed by atoms with Crippen molar-refractivity contribution in [3.8, 4) is 0 Å². The van der Waals surface area contributed by atoms with Gasteiger partial charge in [-0.2, -0.15) is 0 Å². The van der Waals surface area contributed by atoms with Crippen LogP contribution in [0.5, 0.6) is 0 Å². The van der Waals surface area contributed by atoms with E-state index in [1.54, 1.807) is 36.4 Å². The third-order valence-electron chi connectivity index (χ3n) is 7.11. The van der Waals surface area contributed by atoms with Crippen molar-refractivity contribution >= 4 is 40.7 Å². The molecule has 3 aromatic carbocycles. The highest BCUT2D eigenvalue weighted by molar-refractivity contribution is 6.35. The summed E-state index contributed by atoms with van der Waals surface area (Å²) in [4.78, 5) is 40.4. The van der Waals surface area contributed by atoms with Gasteiger partial charge < -0.3 is 10.2 Å². The number of carbonyl (C=O) groups is 2. The predicted octanol–water partition coefficient (Wildman–Crippen LogP) is 6.53. The standard InChI is InChI=1S/C30H31Cl2N3O4/c31-24-16-15-23(26(32)19-24)20-34(29(36)18-22-11-7-8-14-27(22)35(38)39)28(17-21-9-3-1-4-10-21)30(37)33-25-12-5-2-6-13-25/h1,3-4,7-11,14-16,19,25,28H,2,5-6,12-13,17-18,20H2,(H,33,37)/t28-/m0/s1. The van der Waals surface area contributed by atoms with Crippen molar-refractivity contribution < 1.29 is 14.5 Å². The molecule has 0 aromatic heterocycles. The minimum atomic E-state index is -0.851. The Hall–Kier alpha value is -3.42. The second-order valence-corrected chi connectivity index (χ2v) is 10.7. The molecule has 1 atom stereocenters. The molecule has 2 amide bonds. The van der Waals surface area contributed by atoms with E-state index in [0.717, 1.165) is 37.7 Å². The van der Waals surface area contributed by atoms with Gasteiger partial charge in [0.1, 0.15) is 6.04 Å². The van der Waals surface area contributed by atoms with E-state index in [1.807, 2.05) is 30.3 Å². The fraction of sp³-hybridized carbons (Fsp3) is 0.333. The van der Waals surface area contributed by atoms with E-state index in [2.05, 4.69) is 5.32 Å². The number of nitrogens with one attached hydrogen (secondary N) is 1. The number of hydrogen-bond donors (Lipinski definition) is 1. The minimum Gasteiger partial charge on any atom is -0.352 e. The molecule has 1 aliphatic carbocycles. The van der Waals surface area contributed by atoms with E-state index in [-0.39, 0.29) is 42.6 Å². The third kappa shape index (κ3) is 7.80. The maximum atomic E-state index is 14.0. The van der Waals surface area contributed by atoms with Gasteiger partial charge in [0, 0.05) is 40.7 Å². The minimum absolute atomic E-state index is 0.0467. The van der Waals surface area contributed by atoms with Crippen molar-refractivity contribution in [1.82, 2.24) is 10.2 Å². The highest BCUT2D eigenvalue weighted by Crippen LogP contribution is 2.26. The number of para-hydroxylation sites is 1. The van der Waals surface area contributed by atoms with Crippen LogP contribution >= 0.6 is 23.2 Å².